The lowest BCUT2D eigenvalue weighted by Crippen LogP contribution is -1.86. The van der Waals surface area contributed by atoms with Crippen LogP contribution in [0.1, 0.15) is 5.56 Å². The molecule has 1 heterocycles. The van der Waals surface area contributed by atoms with Gasteiger partial charge in [-0.2, -0.15) is 0 Å². The van der Waals surface area contributed by atoms with Gasteiger partial charge in [-0.15, -0.1) is 11.3 Å². The van der Waals surface area contributed by atoms with Crippen LogP contribution in [0.5, 0.6) is 0 Å². The molecule has 0 saturated heterocycles. The van der Waals surface area contributed by atoms with E-state index in [9.17, 15) is 0 Å². The molecule has 1 aromatic heterocycles. The number of benzene rings is 3. The lowest BCUT2D eigenvalue weighted by molar-refractivity contribution is 1.61. The molecule has 0 radical (unpaired) electrons. The normalized spacial score (nSPS) is 11.0. The van der Waals surface area contributed by atoms with Crippen molar-refractivity contribution in [2.24, 2.45) is 0 Å². The van der Waals surface area contributed by atoms with E-state index in [0.717, 1.165) is 11.1 Å². The van der Waals surface area contributed by atoms with Gasteiger partial charge in [0.2, 0.25) is 0 Å². The molecular formula is C22H16S. The van der Waals surface area contributed by atoms with E-state index < -0.39 is 0 Å². The molecule has 3 aromatic carbocycles. The van der Waals surface area contributed by atoms with Crippen molar-refractivity contribution >= 4 is 37.1 Å². The van der Waals surface area contributed by atoms with Gasteiger partial charge in [0.15, 0.2) is 0 Å². The minimum absolute atomic E-state index is 0.957. The van der Waals surface area contributed by atoms with Crippen LogP contribution < -0.4 is 0 Å². The second-order valence-electron chi connectivity index (χ2n) is 5.56. The molecular weight excluding hydrogens is 296 g/mol. The Morgan fingerprint density at radius 3 is 2.35 bits per heavy atom. The number of rotatable bonds is 3. The number of thiophene rings is 1. The van der Waals surface area contributed by atoms with Crippen LogP contribution in [-0.4, -0.2) is 0 Å². The molecule has 23 heavy (non-hydrogen) atoms. The van der Waals surface area contributed by atoms with Gasteiger partial charge in [0.25, 0.3) is 0 Å². The molecule has 0 atom stereocenters. The molecule has 0 fully saturated rings. The standard InChI is InChI=1S/C22H16S/c1-3-15(2)16-9-4-5-10-17(16)19-12-8-13-20-18-11-6-7-14-21(18)23-22(19)20/h3-14H,1-2H2. The molecule has 4 rings (SSSR count). The molecule has 0 bridgehead atoms. The molecule has 0 amide bonds. The number of fused-ring (bicyclic) bond motifs is 3. The summed E-state index contributed by atoms with van der Waals surface area (Å²) in [5, 5.41) is 2.65. The summed E-state index contributed by atoms with van der Waals surface area (Å²) >= 11 is 1.86. The number of allylic oxidation sites excluding steroid dienone is 2. The highest BCUT2D eigenvalue weighted by molar-refractivity contribution is 7.26. The summed E-state index contributed by atoms with van der Waals surface area (Å²) in [5.74, 6) is 0. The van der Waals surface area contributed by atoms with Crippen LogP contribution in [-0.2, 0) is 0 Å². The minimum Gasteiger partial charge on any atom is -0.135 e. The van der Waals surface area contributed by atoms with E-state index >= 15 is 0 Å². The third-order valence-electron chi connectivity index (χ3n) is 4.21. The highest BCUT2D eigenvalue weighted by Gasteiger charge is 2.12. The highest BCUT2D eigenvalue weighted by Crippen LogP contribution is 2.41. The first kappa shape index (κ1) is 14.0. The van der Waals surface area contributed by atoms with Gasteiger partial charge in [0.1, 0.15) is 0 Å². The molecule has 0 aliphatic rings. The summed E-state index contributed by atoms with van der Waals surface area (Å²) in [4.78, 5) is 0. The van der Waals surface area contributed by atoms with Gasteiger partial charge in [0, 0.05) is 25.7 Å². The Morgan fingerprint density at radius 2 is 1.48 bits per heavy atom. The maximum atomic E-state index is 4.14. The van der Waals surface area contributed by atoms with Gasteiger partial charge in [-0.3, -0.25) is 0 Å². The Labute approximate surface area is 140 Å². The van der Waals surface area contributed by atoms with Gasteiger partial charge >= 0.3 is 0 Å². The summed E-state index contributed by atoms with van der Waals surface area (Å²) in [7, 11) is 0. The second kappa shape index (κ2) is 5.53. The van der Waals surface area contributed by atoms with Gasteiger partial charge in [-0.05, 0) is 22.8 Å². The lowest BCUT2D eigenvalue weighted by atomic mass is 9.94. The number of hydrogen-bond donors (Lipinski definition) is 0. The summed E-state index contributed by atoms with van der Waals surface area (Å²) < 4.78 is 2.66. The van der Waals surface area contributed by atoms with E-state index in [1.54, 1.807) is 0 Å². The third kappa shape index (κ3) is 2.21. The molecule has 110 valence electrons. The van der Waals surface area contributed by atoms with Crippen LogP contribution in [0.15, 0.2) is 86.0 Å². The summed E-state index contributed by atoms with van der Waals surface area (Å²) in [5.41, 5.74) is 4.59. The van der Waals surface area contributed by atoms with Crippen molar-refractivity contribution in [3.63, 3.8) is 0 Å². The lowest BCUT2D eigenvalue weighted by Gasteiger charge is -2.10. The summed E-state index contributed by atoms with van der Waals surface area (Å²) in [6.45, 7) is 8.01. The first-order valence-electron chi connectivity index (χ1n) is 7.61. The van der Waals surface area contributed by atoms with Gasteiger partial charge < -0.3 is 0 Å². The van der Waals surface area contributed by atoms with Crippen molar-refractivity contribution in [1.82, 2.24) is 0 Å². The first-order chi connectivity index (χ1) is 11.3. The Kier molecular flexibility index (Phi) is 3.36. The van der Waals surface area contributed by atoms with E-state index in [0.29, 0.717) is 0 Å². The van der Waals surface area contributed by atoms with Crippen molar-refractivity contribution < 1.29 is 0 Å². The Bertz CT molecular complexity index is 1050. The topological polar surface area (TPSA) is 0 Å². The van der Waals surface area contributed by atoms with Crippen molar-refractivity contribution in [2.45, 2.75) is 0 Å². The maximum absolute atomic E-state index is 4.14. The van der Waals surface area contributed by atoms with Gasteiger partial charge in [-0.25, -0.2) is 0 Å². The van der Waals surface area contributed by atoms with Crippen molar-refractivity contribution in [1.29, 1.82) is 0 Å². The minimum atomic E-state index is 0.957. The van der Waals surface area contributed by atoms with Gasteiger partial charge in [0.05, 0.1) is 0 Å². The maximum Gasteiger partial charge on any atom is 0.0434 e. The van der Waals surface area contributed by atoms with Crippen LogP contribution in [0.4, 0.5) is 0 Å². The van der Waals surface area contributed by atoms with E-state index in [-0.39, 0.29) is 0 Å². The van der Waals surface area contributed by atoms with Gasteiger partial charge in [-0.1, -0.05) is 79.9 Å². The smallest absolute Gasteiger partial charge is 0.0434 e. The summed E-state index contributed by atoms with van der Waals surface area (Å²) in [6, 6.07) is 23.6. The molecule has 0 N–H and O–H groups in total. The Balaban J connectivity index is 2.08. The van der Waals surface area contributed by atoms with E-state index in [1.807, 2.05) is 17.4 Å². The highest BCUT2D eigenvalue weighted by atomic mass is 32.1. The predicted octanol–water partition coefficient (Wildman–Crippen LogP) is 6.92. The van der Waals surface area contributed by atoms with E-state index in [4.69, 9.17) is 0 Å². The van der Waals surface area contributed by atoms with Crippen LogP contribution in [0.2, 0.25) is 0 Å². The monoisotopic (exact) mass is 312 g/mol. The average Bonchev–Trinajstić information content (AvgIpc) is 3.00. The second-order valence-corrected chi connectivity index (χ2v) is 6.61. The van der Waals surface area contributed by atoms with Crippen LogP contribution in [0, 0.1) is 0 Å². The molecule has 4 aromatic rings. The largest absolute Gasteiger partial charge is 0.135 e. The SMILES string of the molecule is C=CC(=C)c1ccccc1-c1cccc2c1sc1ccccc12. The zero-order valence-electron chi connectivity index (χ0n) is 12.8. The van der Waals surface area contributed by atoms with E-state index in [1.165, 1.54) is 31.3 Å². The predicted molar refractivity (Wildman–Crippen MR) is 104 cm³/mol. The number of hydrogen-bond acceptors (Lipinski definition) is 1. The third-order valence-corrected chi connectivity index (χ3v) is 5.43. The zero-order valence-corrected chi connectivity index (χ0v) is 13.6. The fourth-order valence-corrected chi connectivity index (χ4v) is 4.30. The molecule has 0 nitrogen and oxygen atoms in total. The fraction of sp³-hybridized carbons (Fsp3) is 0. The average molecular weight is 312 g/mol. The molecule has 0 unspecified atom stereocenters. The zero-order chi connectivity index (χ0) is 15.8. The van der Waals surface area contributed by atoms with E-state index in [2.05, 4.69) is 79.9 Å². The van der Waals surface area contributed by atoms with Crippen LogP contribution in [0.25, 0.3) is 36.9 Å². The molecule has 1 heteroatoms. The molecule has 0 aliphatic heterocycles. The Hall–Kier alpha value is -2.64. The fourth-order valence-electron chi connectivity index (χ4n) is 3.07. The van der Waals surface area contributed by atoms with Crippen molar-refractivity contribution in [2.75, 3.05) is 0 Å². The molecule has 0 aliphatic carbocycles. The molecule has 0 saturated carbocycles. The van der Waals surface area contributed by atoms with Crippen molar-refractivity contribution in [3.8, 4) is 11.1 Å². The van der Waals surface area contributed by atoms with Crippen molar-refractivity contribution in [3.05, 3.63) is 91.5 Å². The quantitative estimate of drug-likeness (QED) is 0.360. The molecule has 0 spiro atoms. The van der Waals surface area contributed by atoms with Crippen LogP contribution in [0.3, 0.4) is 0 Å². The Morgan fingerprint density at radius 1 is 0.783 bits per heavy atom. The summed E-state index contributed by atoms with van der Waals surface area (Å²) in [6.07, 6.45) is 1.82. The first-order valence-corrected chi connectivity index (χ1v) is 8.42. The van der Waals surface area contributed by atoms with Crippen LogP contribution >= 0.6 is 11.3 Å².